The van der Waals surface area contributed by atoms with Gasteiger partial charge in [-0.05, 0) is 63.3 Å². The minimum absolute atomic E-state index is 0.0693. The van der Waals surface area contributed by atoms with Crippen LogP contribution in [-0.4, -0.2) is 19.1 Å². The number of rotatable bonds is 8. The molecule has 0 radical (unpaired) electrons. The Balaban J connectivity index is 1.59. The first-order valence-corrected chi connectivity index (χ1v) is 12.1. The van der Waals surface area contributed by atoms with E-state index in [-0.39, 0.29) is 11.9 Å². The standard InChI is InChI=1S/C31H33NO3/c1-20-11-15-25(16-12-20)28-19-35-31-23(4)30(34-5)26(18-27(28)31)21(2)17-29(33)32-22(3)13-14-24-9-7-6-8-10-24/h6-12,15-19,22H,13-14H2,1-5H3,(H,32,33)/b21-17+. The van der Waals surface area contributed by atoms with Crippen molar-refractivity contribution in [3.8, 4) is 16.9 Å². The molecule has 180 valence electrons. The van der Waals surface area contributed by atoms with Gasteiger partial charge >= 0.3 is 0 Å². The van der Waals surface area contributed by atoms with E-state index in [1.165, 1.54) is 11.1 Å². The molecule has 4 heteroatoms. The molecule has 4 aromatic rings. The van der Waals surface area contributed by atoms with Crippen LogP contribution in [0.5, 0.6) is 5.75 Å². The molecule has 0 bridgehead atoms. The van der Waals surface area contributed by atoms with Crippen molar-refractivity contribution in [1.29, 1.82) is 0 Å². The van der Waals surface area contributed by atoms with E-state index in [0.717, 1.165) is 57.4 Å². The molecule has 0 saturated heterocycles. The van der Waals surface area contributed by atoms with Crippen LogP contribution in [0.3, 0.4) is 0 Å². The van der Waals surface area contributed by atoms with Gasteiger partial charge in [-0.15, -0.1) is 0 Å². The lowest BCUT2D eigenvalue weighted by Crippen LogP contribution is -2.31. The van der Waals surface area contributed by atoms with Crippen LogP contribution >= 0.6 is 0 Å². The smallest absolute Gasteiger partial charge is 0.244 e. The van der Waals surface area contributed by atoms with E-state index in [1.807, 2.05) is 39.0 Å². The molecule has 1 heterocycles. The predicted octanol–water partition coefficient (Wildman–Crippen LogP) is 7.27. The number of amides is 1. The Morgan fingerprint density at radius 2 is 1.80 bits per heavy atom. The fourth-order valence-electron chi connectivity index (χ4n) is 4.49. The molecule has 4 nitrogen and oxygen atoms in total. The molecule has 4 rings (SSSR count). The summed E-state index contributed by atoms with van der Waals surface area (Å²) in [7, 11) is 1.65. The quantitative estimate of drug-likeness (QED) is 0.277. The number of methoxy groups -OCH3 is 1. The first kappa shape index (κ1) is 24.3. The first-order chi connectivity index (χ1) is 16.9. The fourth-order valence-corrected chi connectivity index (χ4v) is 4.49. The molecule has 35 heavy (non-hydrogen) atoms. The summed E-state index contributed by atoms with van der Waals surface area (Å²) in [5.41, 5.74) is 8.06. The number of benzene rings is 3. The number of carbonyl (C=O) groups is 1. The molecule has 0 aliphatic carbocycles. The zero-order valence-electron chi connectivity index (χ0n) is 21.1. The molecule has 1 amide bonds. The molecule has 3 aromatic carbocycles. The maximum Gasteiger partial charge on any atom is 0.244 e. The van der Waals surface area contributed by atoms with Crippen molar-refractivity contribution < 1.29 is 13.9 Å². The number of aryl methyl sites for hydroxylation is 3. The van der Waals surface area contributed by atoms with Crippen LogP contribution < -0.4 is 10.1 Å². The topological polar surface area (TPSA) is 51.5 Å². The van der Waals surface area contributed by atoms with Crippen molar-refractivity contribution in [3.63, 3.8) is 0 Å². The SMILES string of the molecule is COc1c(/C(C)=C/C(=O)NC(C)CCc2ccccc2)cc2c(-c3ccc(C)cc3)coc2c1C. The number of allylic oxidation sites excluding steroid dienone is 1. The Bertz CT molecular complexity index is 1350. The summed E-state index contributed by atoms with van der Waals surface area (Å²) >= 11 is 0. The molecule has 0 aliphatic heterocycles. The summed E-state index contributed by atoms with van der Waals surface area (Å²) in [6.45, 7) is 8.06. The Morgan fingerprint density at radius 3 is 2.49 bits per heavy atom. The first-order valence-electron chi connectivity index (χ1n) is 12.1. The van der Waals surface area contributed by atoms with Crippen LogP contribution in [0.15, 0.2) is 77.4 Å². The normalized spacial score (nSPS) is 12.5. The molecule has 1 atom stereocenters. The maximum absolute atomic E-state index is 12.8. The predicted molar refractivity (Wildman–Crippen MR) is 144 cm³/mol. The van der Waals surface area contributed by atoms with Gasteiger partial charge < -0.3 is 14.5 Å². The second kappa shape index (κ2) is 10.6. The zero-order valence-corrected chi connectivity index (χ0v) is 21.1. The summed E-state index contributed by atoms with van der Waals surface area (Å²) in [6.07, 6.45) is 5.27. The third kappa shape index (κ3) is 5.48. The van der Waals surface area contributed by atoms with Gasteiger partial charge in [0.05, 0.1) is 13.4 Å². The van der Waals surface area contributed by atoms with Crippen LogP contribution in [-0.2, 0) is 11.2 Å². The third-order valence-corrected chi connectivity index (χ3v) is 6.48. The van der Waals surface area contributed by atoms with Crippen molar-refractivity contribution in [1.82, 2.24) is 5.32 Å². The van der Waals surface area contributed by atoms with Crippen LogP contribution in [0.2, 0.25) is 0 Å². The van der Waals surface area contributed by atoms with Crippen LogP contribution in [0.1, 0.15) is 42.5 Å². The molecule has 0 fully saturated rings. The molecule has 0 saturated carbocycles. The van der Waals surface area contributed by atoms with Gasteiger partial charge in [0.15, 0.2) is 0 Å². The monoisotopic (exact) mass is 467 g/mol. The Kier molecular flexibility index (Phi) is 7.40. The van der Waals surface area contributed by atoms with Gasteiger partial charge in [0, 0.05) is 34.2 Å². The fraction of sp³-hybridized carbons (Fsp3) is 0.258. The summed E-state index contributed by atoms with van der Waals surface area (Å²) in [4.78, 5) is 12.8. The Labute approximate surface area is 207 Å². The average molecular weight is 468 g/mol. The average Bonchev–Trinajstić information content (AvgIpc) is 3.28. The number of fused-ring (bicyclic) bond motifs is 1. The number of hydrogen-bond acceptors (Lipinski definition) is 3. The lowest BCUT2D eigenvalue weighted by Gasteiger charge is -2.15. The van der Waals surface area contributed by atoms with E-state index in [4.69, 9.17) is 9.15 Å². The van der Waals surface area contributed by atoms with Gasteiger partial charge in [0.25, 0.3) is 0 Å². The molecule has 0 aliphatic rings. The van der Waals surface area contributed by atoms with E-state index in [9.17, 15) is 4.79 Å². The van der Waals surface area contributed by atoms with Crippen LogP contribution in [0.25, 0.3) is 27.7 Å². The number of hydrogen-bond donors (Lipinski definition) is 1. The number of furan rings is 1. The van der Waals surface area contributed by atoms with Gasteiger partial charge in [-0.2, -0.15) is 0 Å². The number of carbonyl (C=O) groups excluding carboxylic acids is 1. The van der Waals surface area contributed by atoms with Gasteiger partial charge in [0.2, 0.25) is 5.91 Å². The highest BCUT2D eigenvalue weighted by molar-refractivity contribution is 6.01. The molecule has 1 N–H and O–H groups in total. The van der Waals surface area contributed by atoms with E-state index in [2.05, 4.69) is 54.7 Å². The van der Waals surface area contributed by atoms with E-state index in [1.54, 1.807) is 19.4 Å². The minimum atomic E-state index is -0.103. The molecule has 1 aromatic heterocycles. The molecule has 0 spiro atoms. The second-order valence-electron chi connectivity index (χ2n) is 9.24. The Morgan fingerprint density at radius 1 is 1.09 bits per heavy atom. The number of ether oxygens (including phenoxy) is 1. The molecular formula is C31H33NO3. The van der Waals surface area contributed by atoms with Crippen molar-refractivity contribution in [2.75, 3.05) is 7.11 Å². The summed E-state index contributed by atoms with van der Waals surface area (Å²) in [5.74, 6) is 0.620. The van der Waals surface area contributed by atoms with Gasteiger partial charge in [-0.25, -0.2) is 0 Å². The van der Waals surface area contributed by atoms with E-state index in [0.29, 0.717) is 0 Å². The minimum Gasteiger partial charge on any atom is -0.496 e. The van der Waals surface area contributed by atoms with Crippen molar-refractivity contribution in [3.05, 3.63) is 95.3 Å². The van der Waals surface area contributed by atoms with Gasteiger partial charge in [-0.1, -0.05) is 60.2 Å². The lowest BCUT2D eigenvalue weighted by atomic mass is 9.96. The van der Waals surface area contributed by atoms with Gasteiger partial charge in [0.1, 0.15) is 11.3 Å². The highest BCUT2D eigenvalue weighted by Crippen LogP contribution is 2.40. The number of nitrogens with one attached hydrogen (secondary N) is 1. The summed E-state index contributed by atoms with van der Waals surface area (Å²) in [6, 6.07) is 20.9. The second-order valence-corrected chi connectivity index (χ2v) is 9.24. The Hall–Kier alpha value is -3.79. The highest BCUT2D eigenvalue weighted by atomic mass is 16.5. The maximum atomic E-state index is 12.8. The van der Waals surface area contributed by atoms with Crippen molar-refractivity contribution >= 4 is 22.4 Å². The third-order valence-electron chi connectivity index (χ3n) is 6.48. The van der Waals surface area contributed by atoms with E-state index >= 15 is 0 Å². The summed E-state index contributed by atoms with van der Waals surface area (Å²) in [5, 5.41) is 4.11. The van der Waals surface area contributed by atoms with Gasteiger partial charge in [-0.3, -0.25) is 4.79 Å². The highest BCUT2D eigenvalue weighted by Gasteiger charge is 2.19. The molecular weight excluding hydrogens is 434 g/mol. The van der Waals surface area contributed by atoms with Crippen molar-refractivity contribution in [2.45, 2.75) is 46.6 Å². The largest absolute Gasteiger partial charge is 0.496 e. The van der Waals surface area contributed by atoms with Crippen LogP contribution in [0, 0.1) is 13.8 Å². The zero-order chi connectivity index (χ0) is 24.9. The molecule has 1 unspecified atom stereocenters. The van der Waals surface area contributed by atoms with Crippen molar-refractivity contribution in [2.24, 2.45) is 0 Å². The van der Waals surface area contributed by atoms with E-state index < -0.39 is 0 Å². The lowest BCUT2D eigenvalue weighted by molar-refractivity contribution is -0.117. The van der Waals surface area contributed by atoms with Crippen LogP contribution in [0.4, 0.5) is 0 Å². The summed E-state index contributed by atoms with van der Waals surface area (Å²) < 4.78 is 11.7.